The van der Waals surface area contributed by atoms with Gasteiger partial charge >= 0.3 is 18.3 Å². The molecule has 1 fully saturated rings. The Hall–Kier alpha value is -3.28. The minimum absolute atomic E-state index is 0.0482. The van der Waals surface area contributed by atoms with Crippen LogP contribution in [0.4, 0.5) is 31.5 Å². The Morgan fingerprint density at radius 3 is 2.27 bits per heavy atom. The number of carbonyl (C=O) groups is 3. The molecular formula is C23H13F6N3O4S4. The van der Waals surface area contributed by atoms with Gasteiger partial charge in [-0.3, -0.25) is 14.5 Å². The lowest BCUT2D eigenvalue weighted by Crippen LogP contribution is -2.31. The lowest BCUT2D eigenvalue weighted by molar-refractivity contribution is -0.143. The highest BCUT2D eigenvalue weighted by Crippen LogP contribution is 2.40. The smallest absolute Gasteiger partial charge is 0.416 e. The number of hydrogen-bond acceptors (Lipinski definition) is 8. The molecule has 210 valence electrons. The molecular weight excluding hydrogens is 625 g/mol. The molecule has 0 unspecified atom stereocenters. The number of nitrogens with zero attached hydrogens (tertiary/aromatic N) is 2. The third kappa shape index (κ3) is 6.89. The van der Waals surface area contributed by atoms with Gasteiger partial charge in [-0.1, -0.05) is 35.3 Å². The first-order valence-corrected chi connectivity index (χ1v) is 13.7. The van der Waals surface area contributed by atoms with E-state index in [4.69, 9.17) is 17.3 Å². The van der Waals surface area contributed by atoms with Crippen molar-refractivity contribution in [3.05, 3.63) is 61.6 Å². The van der Waals surface area contributed by atoms with Gasteiger partial charge in [-0.25, -0.2) is 9.78 Å². The van der Waals surface area contributed by atoms with Crippen molar-refractivity contribution < 1.29 is 45.8 Å². The maximum absolute atomic E-state index is 13.2. The summed E-state index contributed by atoms with van der Waals surface area (Å²) in [6.07, 6.45) is -7.65. The van der Waals surface area contributed by atoms with Gasteiger partial charge in [-0.2, -0.15) is 26.3 Å². The number of anilines is 1. The molecule has 17 heteroatoms. The van der Waals surface area contributed by atoms with Crippen LogP contribution in [-0.4, -0.2) is 43.6 Å². The van der Waals surface area contributed by atoms with Crippen LogP contribution in [0.2, 0.25) is 0 Å². The molecule has 0 aliphatic carbocycles. The number of hydrogen-bond donors (Lipinski definition) is 2. The summed E-state index contributed by atoms with van der Waals surface area (Å²) in [7, 11) is 0. The number of halogens is 6. The van der Waals surface area contributed by atoms with Crippen LogP contribution in [0.15, 0.2) is 40.7 Å². The highest BCUT2D eigenvalue weighted by molar-refractivity contribution is 8.26. The number of thiocarbonyl (C=S) groups is 1. The number of carboxylic acids is 1. The number of amides is 2. The monoisotopic (exact) mass is 637 g/mol. The average Bonchev–Trinajstić information content (AvgIpc) is 3.57. The van der Waals surface area contributed by atoms with Crippen molar-refractivity contribution in [3.8, 4) is 11.1 Å². The molecule has 0 atom stereocenters. The van der Waals surface area contributed by atoms with Gasteiger partial charge in [0.15, 0.2) is 5.13 Å². The second-order valence-electron chi connectivity index (χ2n) is 8.00. The van der Waals surface area contributed by atoms with Crippen molar-refractivity contribution in [2.24, 2.45) is 0 Å². The van der Waals surface area contributed by atoms with E-state index in [-0.39, 0.29) is 49.4 Å². The highest BCUT2D eigenvalue weighted by atomic mass is 32.2. The average molecular weight is 638 g/mol. The van der Waals surface area contributed by atoms with Gasteiger partial charge in [-0.05, 0) is 46.8 Å². The number of aromatic carboxylic acids is 1. The predicted octanol–water partition coefficient (Wildman–Crippen LogP) is 6.84. The van der Waals surface area contributed by atoms with Gasteiger partial charge in [-0.15, -0.1) is 11.3 Å². The highest BCUT2D eigenvalue weighted by Gasteiger charge is 2.37. The van der Waals surface area contributed by atoms with Gasteiger partial charge < -0.3 is 10.4 Å². The Morgan fingerprint density at radius 1 is 1.05 bits per heavy atom. The number of benzene rings is 1. The number of rotatable bonds is 7. The molecule has 7 nitrogen and oxygen atoms in total. The fourth-order valence-corrected chi connectivity index (χ4v) is 6.24. The van der Waals surface area contributed by atoms with Crippen LogP contribution >= 0.6 is 46.7 Å². The van der Waals surface area contributed by atoms with Crippen LogP contribution in [0.25, 0.3) is 17.2 Å². The molecule has 0 saturated carbocycles. The molecule has 2 N–H and O–H groups in total. The molecule has 1 aliphatic rings. The summed E-state index contributed by atoms with van der Waals surface area (Å²) in [6.45, 7) is -0.0921. The van der Waals surface area contributed by atoms with E-state index >= 15 is 0 Å². The Balaban J connectivity index is 1.46. The number of thiazole rings is 1. The van der Waals surface area contributed by atoms with Gasteiger partial charge in [0.2, 0.25) is 5.91 Å². The first-order valence-electron chi connectivity index (χ1n) is 10.7. The number of carboxylic acid groups (broad SMARTS) is 1. The number of thioether (sulfide) groups is 1. The van der Waals surface area contributed by atoms with Crippen LogP contribution in [-0.2, 0) is 21.9 Å². The Morgan fingerprint density at radius 2 is 1.70 bits per heavy atom. The molecule has 40 heavy (non-hydrogen) atoms. The van der Waals surface area contributed by atoms with Crippen molar-refractivity contribution in [1.29, 1.82) is 0 Å². The normalized spacial score (nSPS) is 15.2. The number of nitrogens with one attached hydrogen (secondary N) is 1. The molecule has 0 radical (unpaired) electrons. The minimum atomic E-state index is -4.98. The molecule has 2 amide bonds. The van der Waals surface area contributed by atoms with Crippen LogP contribution < -0.4 is 5.32 Å². The second kappa shape index (κ2) is 11.3. The van der Waals surface area contributed by atoms with E-state index < -0.39 is 41.3 Å². The quantitative estimate of drug-likeness (QED) is 0.166. The summed E-state index contributed by atoms with van der Waals surface area (Å²) in [6, 6.07) is 2.66. The van der Waals surface area contributed by atoms with E-state index in [1.165, 1.54) is 22.4 Å². The summed E-state index contributed by atoms with van der Waals surface area (Å²) >= 11 is 7.91. The van der Waals surface area contributed by atoms with Crippen LogP contribution in [0.1, 0.15) is 32.1 Å². The fraction of sp³-hybridized carbons (Fsp3) is 0.174. The molecule has 0 spiro atoms. The van der Waals surface area contributed by atoms with Crippen LogP contribution in [0.3, 0.4) is 0 Å². The van der Waals surface area contributed by atoms with Crippen LogP contribution in [0, 0.1) is 0 Å². The van der Waals surface area contributed by atoms with Gasteiger partial charge in [0.1, 0.15) is 9.20 Å². The maximum Gasteiger partial charge on any atom is 0.416 e. The first kappa shape index (κ1) is 29.7. The lowest BCUT2D eigenvalue weighted by atomic mass is 10.0. The van der Waals surface area contributed by atoms with Crippen molar-refractivity contribution in [2.75, 3.05) is 11.9 Å². The molecule has 4 rings (SSSR count). The fourth-order valence-electron chi connectivity index (χ4n) is 3.35. The summed E-state index contributed by atoms with van der Waals surface area (Å²) < 4.78 is 79.4. The Bertz CT molecular complexity index is 1510. The topological polar surface area (TPSA) is 99.6 Å². The predicted molar refractivity (Wildman–Crippen MR) is 142 cm³/mol. The molecule has 1 saturated heterocycles. The number of alkyl halides is 6. The van der Waals surface area contributed by atoms with Gasteiger partial charge in [0.25, 0.3) is 5.91 Å². The molecule has 3 aromatic rings. The van der Waals surface area contributed by atoms with Crippen LogP contribution in [0.5, 0.6) is 0 Å². The van der Waals surface area contributed by atoms with Crippen molar-refractivity contribution in [1.82, 2.24) is 9.88 Å². The van der Waals surface area contributed by atoms with Crippen molar-refractivity contribution in [3.63, 3.8) is 0 Å². The number of thiophene rings is 1. The molecule has 1 aromatic carbocycles. The van der Waals surface area contributed by atoms with Crippen molar-refractivity contribution >= 4 is 80.0 Å². The van der Waals surface area contributed by atoms with E-state index in [2.05, 4.69) is 10.3 Å². The number of aromatic nitrogens is 1. The molecule has 2 aromatic heterocycles. The molecule has 1 aliphatic heterocycles. The largest absolute Gasteiger partial charge is 0.477 e. The third-order valence-corrected chi connectivity index (χ3v) is 8.37. The van der Waals surface area contributed by atoms with E-state index in [9.17, 15) is 40.7 Å². The zero-order chi connectivity index (χ0) is 29.4. The lowest BCUT2D eigenvalue weighted by Gasteiger charge is -2.13. The zero-order valence-electron chi connectivity index (χ0n) is 19.4. The summed E-state index contributed by atoms with van der Waals surface area (Å²) in [5.41, 5.74) is -3.06. The third-order valence-electron chi connectivity index (χ3n) is 5.21. The van der Waals surface area contributed by atoms with Crippen molar-refractivity contribution in [2.45, 2.75) is 18.8 Å². The molecule has 3 heterocycles. The first-order chi connectivity index (χ1) is 18.6. The zero-order valence-corrected chi connectivity index (χ0v) is 22.7. The standard InChI is InChI=1S/C23H13F6N3O4S4/c24-22(25,26)12-3-10(4-13(6-12)23(27,28)29)11-5-14(38-9-11)7-15-18(34)32(21(37)40-15)2-1-17(33)31-20-30-8-16(39-20)19(35)36/h3-9H,1-2H2,(H,35,36)(H,30,31,33). The summed E-state index contributed by atoms with van der Waals surface area (Å²) in [5.74, 6) is -2.26. The summed E-state index contributed by atoms with van der Waals surface area (Å²) in [5, 5.41) is 12.8. The van der Waals surface area contributed by atoms with Gasteiger partial charge in [0.05, 0.1) is 22.2 Å². The van der Waals surface area contributed by atoms with E-state index in [0.717, 1.165) is 40.6 Å². The van der Waals surface area contributed by atoms with E-state index in [1.807, 2.05) is 0 Å². The molecule has 0 bridgehead atoms. The van der Waals surface area contributed by atoms with Gasteiger partial charge in [0, 0.05) is 17.8 Å². The van der Waals surface area contributed by atoms with E-state index in [0.29, 0.717) is 17.0 Å². The number of carbonyl (C=O) groups excluding carboxylic acids is 2. The Labute approximate surface area is 238 Å². The second-order valence-corrected chi connectivity index (χ2v) is 11.6. The summed E-state index contributed by atoms with van der Waals surface area (Å²) in [4.78, 5) is 41.4. The SMILES string of the molecule is O=C(CCN1C(=O)C(=Cc2cc(-c3cc(C(F)(F)F)cc(C(F)(F)F)c3)cs2)SC1=S)Nc1ncc(C(=O)O)s1. The van der Waals surface area contributed by atoms with E-state index in [1.54, 1.807) is 0 Å². The minimum Gasteiger partial charge on any atom is -0.477 e. The maximum atomic E-state index is 13.2. The Kier molecular flexibility index (Phi) is 8.39.